The second-order valence-corrected chi connectivity index (χ2v) is 8.17. The van der Waals surface area contributed by atoms with Gasteiger partial charge in [-0.3, -0.25) is 14.7 Å². The molecule has 1 fully saturated rings. The van der Waals surface area contributed by atoms with Crippen LogP contribution in [0.5, 0.6) is 0 Å². The molecule has 1 heterocycles. The number of thioether (sulfide) groups is 1. The van der Waals surface area contributed by atoms with E-state index in [0.29, 0.717) is 15.1 Å². The Morgan fingerprint density at radius 1 is 1.15 bits per heavy atom. The number of aliphatic imine (C=N–C) groups is 1. The topological polar surface area (TPSA) is 35.9 Å². The minimum absolute atomic E-state index is 0.0840. The van der Waals surface area contributed by atoms with Crippen molar-refractivity contribution in [1.29, 1.82) is 0 Å². The monoisotopic (exact) mass is 399 g/mol. The summed E-state index contributed by atoms with van der Waals surface area (Å²) < 4.78 is 0. The lowest BCUT2D eigenvalue weighted by atomic mass is 10.2. The van der Waals surface area contributed by atoms with E-state index in [2.05, 4.69) is 4.99 Å². The maximum absolute atomic E-state index is 13.1. The number of carbonyl (C=O) groups is 1. The van der Waals surface area contributed by atoms with Crippen LogP contribution >= 0.6 is 23.4 Å². The maximum Gasteiger partial charge on any atom is 0.271 e. The third kappa shape index (κ3) is 4.54. The van der Waals surface area contributed by atoms with E-state index in [0.717, 1.165) is 16.9 Å². The predicted molar refractivity (Wildman–Crippen MR) is 118 cm³/mol. The van der Waals surface area contributed by atoms with Crippen LogP contribution in [0.3, 0.4) is 0 Å². The van der Waals surface area contributed by atoms with Gasteiger partial charge >= 0.3 is 0 Å². The molecule has 140 valence electrons. The van der Waals surface area contributed by atoms with Crippen molar-refractivity contribution in [2.24, 2.45) is 4.99 Å². The van der Waals surface area contributed by atoms with Crippen molar-refractivity contribution in [3.8, 4) is 0 Å². The first-order valence-corrected chi connectivity index (χ1v) is 9.89. The lowest BCUT2D eigenvalue weighted by Crippen LogP contribution is -2.29. The van der Waals surface area contributed by atoms with Crippen LogP contribution in [0.1, 0.15) is 19.4 Å². The number of anilines is 2. The van der Waals surface area contributed by atoms with Gasteiger partial charge in [0, 0.05) is 30.8 Å². The number of hydrogen-bond acceptors (Lipinski definition) is 4. The Morgan fingerprint density at radius 2 is 1.85 bits per heavy atom. The molecule has 0 atom stereocenters. The second kappa shape index (κ2) is 8.19. The van der Waals surface area contributed by atoms with Crippen molar-refractivity contribution in [3.05, 3.63) is 64.0 Å². The summed E-state index contributed by atoms with van der Waals surface area (Å²) in [4.78, 5) is 22.1. The summed E-state index contributed by atoms with van der Waals surface area (Å²) in [5.41, 5.74) is 2.82. The number of nitrogens with zero attached hydrogens (tertiary/aromatic N) is 3. The number of carbonyl (C=O) groups excluding carboxylic acids is 1. The third-order valence-electron chi connectivity index (χ3n) is 3.95. The zero-order valence-electron chi connectivity index (χ0n) is 15.8. The first-order valence-electron chi connectivity index (χ1n) is 8.70. The molecular weight excluding hydrogens is 378 g/mol. The van der Waals surface area contributed by atoms with Crippen molar-refractivity contribution in [3.63, 3.8) is 0 Å². The minimum atomic E-state index is -0.0849. The van der Waals surface area contributed by atoms with Gasteiger partial charge in [-0.1, -0.05) is 29.8 Å². The van der Waals surface area contributed by atoms with Crippen molar-refractivity contribution in [2.45, 2.75) is 19.9 Å². The lowest BCUT2D eigenvalue weighted by Gasteiger charge is -2.16. The van der Waals surface area contributed by atoms with Gasteiger partial charge in [-0.05, 0) is 67.6 Å². The average Bonchev–Trinajstić information content (AvgIpc) is 2.90. The number of benzene rings is 2. The van der Waals surface area contributed by atoms with Gasteiger partial charge in [-0.25, -0.2) is 0 Å². The van der Waals surface area contributed by atoms with Gasteiger partial charge < -0.3 is 4.90 Å². The quantitative estimate of drug-likeness (QED) is 0.655. The van der Waals surface area contributed by atoms with Gasteiger partial charge in [0.25, 0.3) is 5.91 Å². The minimum Gasteiger partial charge on any atom is -0.378 e. The van der Waals surface area contributed by atoms with Crippen molar-refractivity contribution < 1.29 is 4.79 Å². The van der Waals surface area contributed by atoms with Crippen LogP contribution in [0, 0.1) is 0 Å². The zero-order chi connectivity index (χ0) is 19.6. The van der Waals surface area contributed by atoms with Crippen LogP contribution in [0.4, 0.5) is 11.4 Å². The van der Waals surface area contributed by atoms with Crippen LogP contribution in [0.25, 0.3) is 6.08 Å². The van der Waals surface area contributed by atoms with Crippen molar-refractivity contribution >= 4 is 51.9 Å². The Balaban J connectivity index is 1.97. The Hall–Kier alpha value is -2.24. The number of amidine groups is 1. The smallest absolute Gasteiger partial charge is 0.271 e. The number of halogens is 1. The molecule has 4 nitrogen and oxygen atoms in total. The van der Waals surface area contributed by atoms with E-state index in [1.165, 1.54) is 11.8 Å². The highest BCUT2D eigenvalue weighted by Gasteiger charge is 2.34. The molecule has 1 aliphatic heterocycles. The SMILES string of the molecule is CC(C)/N=C1\S/C(=C\c2ccc(N(C)C)cc2)C(=O)N1c1cccc(Cl)c1. The molecule has 1 saturated heterocycles. The lowest BCUT2D eigenvalue weighted by molar-refractivity contribution is -0.113. The molecule has 0 aliphatic carbocycles. The van der Waals surface area contributed by atoms with E-state index in [-0.39, 0.29) is 11.9 Å². The first-order chi connectivity index (χ1) is 12.8. The summed E-state index contributed by atoms with van der Waals surface area (Å²) >= 11 is 7.52. The van der Waals surface area contributed by atoms with Gasteiger partial charge in [-0.2, -0.15) is 0 Å². The van der Waals surface area contributed by atoms with Crippen LogP contribution in [-0.4, -0.2) is 31.2 Å². The molecule has 2 aromatic rings. The summed E-state index contributed by atoms with van der Waals surface area (Å²) in [6.07, 6.45) is 1.91. The first kappa shape index (κ1) is 19.5. The van der Waals surface area contributed by atoms with Crippen LogP contribution < -0.4 is 9.80 Å². The van der Waals surface area contributed by atoms with Gasteiger partial charge in [0.15, 0.2) is 5.17 Å². The Morgan fingerprint density at radius 3 is 2.44 bits per heavy atom. The average molecular weight is 400 g/mol. The molecule has 1 aliphatic rings. The molecule has 2 aromatic carbocycles. The van der Waals surface area contributed by atoms with E-state index >= 15 is 0 Å². The standard InChI is InChI=1S/C21H22ClN3OS/c1-14(2)23-21-25(18-7-5-6-16(22)13-18)20(26)19(27-21)12-15-8-10-17(11-9-15)24(3)4/h5-14H,1-4H3/b19-12-,23-21-. The summed E-state index contributed by atoms with van der Waals surface area (Å²) in [5, 5.41) is 1.26. The van der Waals surface area contributed by atoms with Gasteiger partial charge in [0.2, 0.25) is 0 Å². The van der Waals surface area contributed by atoms with E-state index in [1.54, 1.807) is 17.0 Å². The highest BCUT2D eigenvalue weighted by Crippen LogP contribution is 2.37. The largest absolute Gasteiger partial charge is 0.378 e. The van der Waals surface area contributed by atoms with Crippen molar-refractivity contribution in [1.82, 2.24) is 0 Å². The molecule has 1 amide bonds. The molecule has 0 aromatic heterocycles. The second-order valence-electron chi connectivity index (χ2n) is 6.72. The molecule has 27 heavy (non-hydrogen) atoms. The molecule has 0 N–H and O–H groups in total. The Kier molecular flexibility index (Phi) is 5.92. The fourth-order valence-electron chi connectivity index (χ4n) is 2.64. The molecular formula is C21H22ClN3OS. The van der Waals surface area contributed by atoms with Crippen molar-refractivity contribution in [2.75, 3.05) is 23.9 Å². The zero-order valence-corrected chi connectivity index (χ0v) is 17.4. The molecule has 6 heteroatoms. The van der Waals surface area contributed by atoms with Crippen LogP contribution in [0.15, 0.2) is 58.4 Å². The van der Waals surface area contributed by atoms with E-state index in [4.69, 9.17) is 11.6 Å². The summed E-state index contributed by atoms with van der Waals surface area (Å²) in [6, 6.07) is 15.5. The van der Waals surface area contributed by atoms with E-state index in [9.17, 15) is 4.79 Å². The van der Waals surface area contributed by atoms with Gasteiger partial charge in [0.05, 0.1) is 10.6 Å². The fraction of sp³-hybridized carbons (Fsp3) is 0.238. The van der Waals surface area contributed by atoms with E-state index < -0.39 is 0 Å². The molecule has 3 rings (SSSR count). The highest BCUT2D eigenvalue weighted by atomic mass is 35.5. The number of rotatable bonds is 4. The predicted octanol–water partition coefficient (Wildman–Crippen LogP) is 5.29. The molecule has 0 saturated carbocycles. The van der Waals surface area contributed by atoms with E-state index in [1.807, 2.05) is 75.3 Å². The molecule has 0 spiro atoms. The van der Waals surface area contributed by atoms with Crippen LogP contribution in [-0.2, 0) is 4.79 Å². The molecule has 0 radical (unpaired) electrons. The summed E-state index contributed by atoms with van der Waals surface area (Å²) in [6.45, 7) is 3.99. The highest BCUT2D eigenvalue weighted by molar-refractivity contribution is 8.19. The fourth-order valence-corrected chi connectivity index (χ4v) is 3.94. The van der Waals surface area contributed by atoms with Gasteiger partial charge in [-0.15, -0.1) is 0 Å². The maximum atomic E-state index is 13.1. The van der Waals surface area contributed by atoms with Gasteiger partial charge in [0.1, 0.15) is 0 Å². The number of amides is 1. The summed E-state index contributed by atoms with van der Waals surface area (Å²) in [5.74, 6) is -0.0849. The van der Waals surface area contributed by atoms with Crippen LogP contribution in [0.2, 0.25) is 5.02 Å². The summed E-state index contributed by atoms with van der Waals surface area (Å²) in [7, 11) is 4.00. The molecule has 0 bridgehead atoms. The normalized spacial score (nSPS) is 17.4. The Bertz CT molecular complexity index is 904. The number of hydrogen-bond donors (Lipinski definition) is 0. The third-order valence-corrected chi connectivity index (χ3v) is 5.17. The molecule has 0 unspecified atom stereocenters. The Labute approximate surface area is 169 Å².